The molecular weight excluding hydrogens is 387 g/mol. The average molecular weight is 417 g/mol. The summed E-state index contributed by atoms with van der Waals surface area (Å²) in [6.07, 6.45) is 5.01. The van der Waals surface area contributed by atoms with Gasteiger partial charge in [-0.2, -0.15) is 5.26 Å². The van der Waals surface area contributed by atoms with Gasteiger partial charge in [-0.25, -0.2) is 9.38 Å². The van der Waals surface area contributed by atoms with Crippen LogP contribution >= 0.6 is 0 Å². The van der Waals surface area contributed by atoms with Crippen LogP contribution in [0.3, 0.4) is 0 Å². The zero-order valence-corrected chi connectivity index (χ0v) is 17.2. The number of primary amides is 1. The molecule has 1 aliphatic carbocycles. The van der Waals surface area contributed by atoms with Crippen molar-refractivity contribution in [2.75, 3.05) is 20.3 Å². The highest BCUT2D eigenvalue weighted by atomic mass is 19.1. The normalized spacial score (nSPS) is 22.4. The summed E-state index contributed by atoms with van der Waals surface area (Å²) in [5.74, 6) is -1.22. The number of ether oxygens (including phenoxy) is 1. The lowest BCUT2D eigenvalue weighted by molar-refractivity contribution is -0.114. The standard InChI is InChI=1S/C21H29FN6O2/c1-30-13-12-26-16-6-8-21(9-7-16,10-11-23)27-14-18(20(25)29)19(24)28-17-4-2-15(22)3-5-17/h2-5,14,16,26-27H,6-10,12-13H2,1H3,(H2,24,28)(H2,25,29)/b18-14+. The Balaban J connectivity index is 2.11. The third kappa shape index (κ3) is 6.83. The van der Waals surface area contributed by atoms with Gasteiger partial charge in [0.05, 0.1) is 30.4 Å². The summed E-state index contributed by atoms with van der Waals surface area (Å²) in [7, 11) is 1.66. The number of aliphatic imine (C=N–C) groups is 1. The topological polar surface area (TPSA) is 139 Å². The van der Waals surface area contributed by atoms with Gasteiger partial charge in [0, 0.05) is 31.4 Å². The zero-order chi connectivity index (χ0) is 22.0. The molecule has 1 saturated carbocycles. The number of amidine groups is 1. The van der Waals surface area contributed by atoms with Crippen LogP contribution in [-0.4, -0.2) is 43.6 Å². The number of carbonyl (C=O) groups excluding carboxylic acids is 1. The molecule has 0 radical (unpaired) electrons. The maximum Gasteiger partial charge on any atom is 0.253 e. The van der Waals surface area contributed by atoms with E-state index in [9.17, 15) is 14.4 Å². The fraction of sp³-hybridized carbons (Fsp3) is 0.476. The number of hydrogen-bond donors (Lipinski definition) is 4. The van der Waals surface area contributed by atoms with Gasteiger partial charge in [-0.1, -0.05) is 0 Å². The van der Waals surface area contributed by atoms with E-state index in [0.29, 0.717) is 18.3 Å². The summed E-state index contributed by atoms with van der Waals surface area (Å²) < 4.78 is 18.1. The Morgan fingerprint density at radius 2 is 2.03 bits per heavy atom. The highest BCUT2D eigenvalue weighted by Crippen LogP contribution is 2.31. The van der Waals surface area contributed by atoms with Crippen molar-refractivity contribution in [1.82, 2.24) is 10.6 Å². The maximum atomic E-state index is 13.1. The van der Waals surface area contributed by atoms with E-state index >= 15 is 0 Å². The van der Waals surface area contributed by atoms with Gasteiger partial charge < -0.3 is 26.8 Å². The summed E-state index contributed by atoms with van der Waals surface area (Å²) >= 11 is 0. The van der Waals surface area contributed by atoms with Crippen LogP contribution in [0.15, 0.2) is 41.0 Å². The van der Waals surface area contributed by atoms with E-state index in [1.165, 1.54) is 30.5 Å². The molecule has 30 heavy (non-hydrogen) atoms. The number of hydrogen-bond acceptors (Lipinski definition) is 6. The SMILES string of the molecule is COCCNC1CCC(CC#N)(N/C=C(/C(N)=O)C(N)=Nc2ccc(F)cc2)CC1. The highest BCUT2D eigenvalue weighted by molar-refractivity contribution is 6.20. The van der Waals surface area contributed by atoms with Crippen molar-refractivity contribution >= 4 is 17.4 Å². The molecule has 0 saturated heterocycles. The number of nitriles is 1. The number of nitrogens with one attached hydrogen (secondary N) is 2. The van der Waals surface area contributed by atoms with Crippen molar-refractivity contribution in [1.29, 1.82) is 5.26 Å². The molecule has 0 heterocycles. The first-order chi connectivity index (χ1) is 14.4. The minimum atomic E-state index is -0.743. The molecule has 0 atom stereocenters. The fourth-order valence-electron chi connectivity index (χ4n) is 3.47. The second-order valence-electron chi connectivity index (χ2n) is 7.38. The number of nitrogens with zero attached hydrogens (tertiary/aromatic N) is 2. The molecule has 2 rings (SSSR count). The molecule has 9 heteroatoms. The molecule has 1 fully saturated rings. The molecule has 1 amide bonds. The number of nitrogens with two attached hydrogens (primary N) is 2. The van der Waals surface area contributed by atoms with Gasteiger partial charge in [0.15, 0.2) is 0 Å². The summed E-state index contributed by atoms with van der Waals surface area (Å²) in [5, 5.41) is 16.0. The van der Waals surface area contributed by atoms with E-state index in [2.05, 4.69) is 21.7 Å². The number of methoxy groups -OCH3 is 1. The molecule has 162 valence electrons. The third-order valence-corrected chi connectivity index (χ3v) is 5.24. The first-order valence-corrected chi connectivity index (χ1v) is 9.86. The average Bonchev–Trinajstić information content (AvgIpc) is 2.71. The lowest BCUT2D eigenvalue weighted by Crippen LogP contribution is -2.49. The summed E-state index contributed by atoms with van der Waals surface area (Å²) in [6, 6.07) is 7.98. The molecule has 1 aromatic carbocycles. The Bertz CT molecular complexity index is 808. The Hall–Kier alpha value is -2.96. The third-order valence-electron chi connectivity index (χ3n) is 5.24. The monoisotopic (exact) mass is 416 g/mol. The van der Waals surface area contributed by atoms with Gasteiger partial charge >= 0.3 is 0 Å². The van der Waals surface area contributed by atoms with Crippen molar-refractivity contribution in [3.63, 3.8) is 0 Å². The summed E-state index contributed by atoms with van der Waals surface area (Å²) in [5.41, 5.74) is 11.4. The van der Waals surface area contributed by atoms with Gasteiger partial charge in [-0.15, -0.1) is 0 Å². The van der Waals surface area contributed by atoms with E-state index in [0.717, 1.165) is 32.2 Å². The molecule has 1 aromatic rings. The number of amides is 1. The van der Waals surface area contributed by atoms with Crippen molar-refractivity contribution in [3.05, 3.63) is 41.9 Å². The Morgan fingerprint density at radius 3 is 2.60 bits per heavy atom. The molecule has 0 aliphatic heterocycles. The lowest BCUT2D eigenvalue weighted by Gasteiger charge is -2.39. The minimum Gasteiger partial charge on any atom is -0.384 e. The van der Waals surface area contributed by atoms with Crippen LogP contribution in [0.5, 0.6) is 0 Å². The molecule has 8 nitrogen and oxygen atoms in total. The number of halogens is 1. The van der Waals surface area contributed by atoms with E-state index in [4.69, 9.17) is 16.2 Å². The van der Waals surface area contributed by atoms with Crippen LogP contribution < -0.4 is 22.1 Å². The number of rotatable bonds is 10. The second kappa shape index (κ2) is 11.3. The molecular formula is C21H29FN6O2. The van der Waals surface area contributed by atoms with Gasteiger partial charge in [0.25, 0.3) is 5.91 Å². The van der Waals surface area contributed by atoms with Gasteiger partial charge in [-0.05, 0) is 49.9 Å². The van der Waals surface area contributed by atoms with Crippen molar-refractivity contribution in [2.24, 2.45) is 16.5 Å². The predicted octanol–water partition coefficient (Wildman–Crippen LogP) is 1.60. The summed E-state index contributed by atoms with van der Waals surface area (Å²) in [4.78, 5) is 16.1. The van der Waals surface area contributed by atoms with Crippen LogP contribution in [0.25, 0.3) is 0 Å². The first-order valence-electron chi connectivity index (χ1n) is 9.86. The summed E-state index contributed by atoms with van der Waals surface area (Å²) in [6.45, 7) is 1.43. The van der Waals surface area contributed by atoms with Crippen LogP contribution in [0.1, 0.15) is 32.1 Å². The largest absolute Gasteiger partial charge is 0.384 e. The van der Waals surface area contributed by atoms with E-state index in [1.54, 1.807) is 7.11 Å². The predicted molar refractivity (Wildman–Crippen MR) is 113 cm³/mol. The van der Waals surface area contributed by atoms with Crippen molar-refractivity contribution in [2.45, 2.75) is 43.7 Å². The van der Waals surface area contributed by atoms with Crippen molar-refractivity contribution in [3.8, 4) is 6.07 Å². The Labute approximate surface area is 176 Å². The van der Waals surface area contributed by atoms with Crippen LogP contribution in [0.4, 0.5) is 10.1 Å². The van der Waals surface area contributed by atoms with Gasteiger partial charge in [-0.3, -0.25) is 4.79 Å². The smallest absolute Gasteiger partial charge is 0.253 e. The highest BCUT2D eigenvalue weighted by Gasteiger charge is 2.34. The molecule has 0 bridgehead atoms. The molecule has 0 unspecified atom stereocenters. The molecule has 0 aromatic heterocycles. The Morgan fingerprint density at radius 1 is 1.37 bits per heavy atom. The van der Waals surface area contributed by atoms with Gasteiger partial charge in [0.2, 0.25) is 0 Å². The Kier molecular flexibility index (Phi) is 8.77. The molecule has 0 spiro atoms. The molecule has 1 aliphatic rings. The minimum absolute atomic E-state index is 0.0111. The number of benzene rings is 1. The zero-order valence-electron chi connectivity index (χ0n) is 17.2. The second-order valence-corrected chi connectivity index (χ2v) is 7.38. The van der Waals surface area contributed by atoms with E-state index in [1.807, 2.05) is 0 Å². The lowest BCUT2D eigenvalue weighted by atomic mass is 9.77. The molecule has 6 N–H and O–H groups in total. The van der Waals surface area contributed by atoms with Gasteiger partial charge in [0.1, 0.15) is 11.7 Å². The van der Waals surface area contributed by atoms with Crippen molar-refractivity contribution < 1.29 is 13.9 Å². The van der Waals surface area contributed by atoms with E-state index in [-0.39, 0.29) is 17.8 Å². The fourth-order valence-corrected chi connectivity index (χ4v) is 3.47. The van der Waals surface area contributed by atoms with Crippen LogP contribution in [-0.2, 0) is 9.53 Å². The van der Waals surface area contributed by atoms with Crippen LogP contribution in [0.2, 0.25) is 0 Å². The van der Waals surface area contributed by atoms with E-state index < -0.39 is 17.3 Å². The first kappa shape index (κ1) is 23.3. The van der Waals surface area contributed by atoms with Crippen LogP contribution in [0, 0.1) is 17.1 Å². The maximum absolute atomic E-state index is 13.1. The quantitative estimate of drug-likeness (QED) is 0.198. The number of carbonyl (C=O) groups is 1.